The molecular formula is C27H27Cl2F2N3O4. The van der Waals surface area contributed by atoms with Gasteiger partial charge < -0.3 is 24.6 Å². The summed E-state index contributed by atoms with van der Waals surface area (Å²) in [5.74, 6) is -1.48. The lowest BCUT2D eigenvalue weighted by Crippen LogP contribution is -2.47. The zero-order chi connectivity index (χ0) is 27.0. The number of β-amino-alcohol motifs (C(OH)–C–C–N with tert-alkyl or cyclic N) is 1. The Morgan fingerprint density at radius 1 is 1.08 bits per heavy atom. The van der Waals surface area contributed by atoms with Gasteiger partial charge in [0.15, 0.2) is 0 Å². The fraction of sp³-hybridized carbons (Fsp3) is 0.407. The molecule has 2 N–H and O–H groups in total. The predicted molar refractivity (Wildman–Crippen MR) is 141 cm³/mol. The van der Waals surface area contributed by atoms with Gasteiger partial charge in [-0.3, -0.25) is 9.59 Å². The molecule has 1 saturated heterocycles. The van der Waals surface area contributed by atoms with E-state index in [9.17, 15) is 23.5 Å². The van der Waals surface area contributed by atoms with Crippen molar-refractivity contribution in [3.63, 3.8) is 0 Å². The Morgan fingerprint density at radius 3 is 2.47 bits per heavy atom. The van der Waals surface area contributed by atoms with Crippen molar-refractivity contribution < 1.29 is 23.4 Å². The molecule has 0 bridgehead atoms. The van der Waals surface area contributed by atoms with Crippen molar-refractivity contribution in [3.8, 4) is 5.75 Å². The molecule has 1 aliphatic heterocycles. The molecular weight excluding hydrogens is 539 g/mol. The lowest BCUT2D eigenvalue weighted by Gasteiger charge is -2.33. The second-order valence-electron chi connectivity index (χ2n) is 9.88. The van der Waals surface area contributed by atoms with E-state index in [2.05, 4.69) is 10.2 Å². The van der Waals surface area contributed by atoms with E-state index in [4.69, 9.17) is 27.9 Å². The molecule has 1 aliphatic carbocycles. The number of ether oxygens (including phenoxy) is 1. The Balaban J connectivity index is 1.17. The number of halogens is 4. The van der Waals surface area contributed by atoms with Gasteiger partial charge in [0.05, 0.1) is 15.6 Å². The maximum absolute atomic E-state index is 14.1. The number of carbonyl (C=O) groups excluding carboxylic acids is 1. The molecule has 0 radical (unpaired) electrons. The van der Waals surface area contributed by atoms with Gasteiger partial charge in [0.2, 0.25) is 5.43 Å². The van der Waals surface area contributed by atoms with Crippen LogP contribution >= 0.6 is 23.2 Å². The van der Waals surface area contributed by atoms with Crippen LogP contribution in [0.4, 0.5) is 8.78 Å². The number of nitrogens with zero attached hydrogens (tertiary/aromatic N) is 2. The van der Waals surface area contributed by atoms with Crippen LogP contribution in [0.15, 0.2) is 41.3 Å². The Labute approximate surface area is 227 Å². The first-order valence-corrected chi connectivity index (χ1v) is 13.3. The fourth-order valence-corrected chi connectivity index (χ4v) is 5.07. The zero-order valence-electron chi connectivity index (χ0n) is 20.4. The molecule has 3 aromatic rings. The highest BCUT2D eigenvalue weighted by atomic mass is 35.5. The first-order chi connectivity index (χ1) is 18.2. The van der Waals surface area contributed by atoms with Crippen LogP contribution in [0.1, 0.15) is 42.1 Å². The highest BCUT2D eigenvalue weighted by molar-refractivity contribution is 6.31. The molecule has 1 saturated carbocycles. The smallest absolute Gasteiger partial charge is 0.256 e. The number of nitrogens with one attached hydrogen (secondary N) is 1. The van der Waals surface area contributed by atoms with E-state index < -0.39 is 29.1 Å². The lowest BCUT2D eigenvalue weighted by molar-refractivity contribution is 0.0567. The third-order valence-corrected chi connectivity index (χ3v) is 7.58. The molecule has 0 unspecified atom stereocenters. The van der Waals surface area contributed by atoms with Gasteiger partial charge >= 0.3 is 0 Å². The second-order valence-corrected chi connectivity index (χ2v) is 10.7. The highest BCUT2D eigenvalue weighted by Gasteiger charge is 2.29. The lowest BCUT2D eigenvalue weighted by atomic mass is 10.0. The third kappa shape index (κ3) is 5.96. The number of aromatic nitrogens is 1. The number of fused-ring (bicyclic) bond motifs is 1. The monoisotopic (exact) mass is 565 g/mol. The normalized spacial score (nSPS) is 17.5. The summed E-state index contributed by atoms with van der Waals surface area (Å²) in [6.45, 7) is 1.62. The Kier molecular flexibility index (Phi) is 7.90. The van der Waals surface area contributed by atoms with Crippen LogP contribution in [-0.2, 0) is 0 Å². The average molecular weight is 566 g/mol. The molecule has 7 nitrogen and oxygen atoms in total. The number of hydrogen-bond acceptors (Lipinski definition) is 5. The van der Waals surface area contributed by atoms with Gasteiger partial charge in [-0.05, 0) is 49.9 Å². The minimum Gasteiger partial charge on any atom is -0.491 e. The summed E-state index contributed by atoms with van der Waals surface area (Å²) in [6, 6.07) is 6.66. The van der Waals surface area contributed by atoms with E-state index in [1.807, 2.05) is 4.57 Å². The summed E-state index contributed by atoms with van der Waals surface area (Å²) in [7, 11) is 0. The minimum atomic E-state index is -0.785. The van der Waals surface area contributed by atoms with Crippen LogP contribution in [0.25, 0.3) is 10.9 Å². The zero-order valence-corrected chi connectivity index (χ0v) is 21.9. The van der Waals surface area contributed by atoms with Gasteiger partial charge in [-0.25, -0.2) is 8.78 Å². The number of benzene rings is 2. The van der Waals surface area contributed by atoms with Crippen molar-refractivity contribution in [2.75, 3.05) is 26.2 Å². The maximum Gasteiger partial charge on any atom is 0.256 e. The molecule has 2 aliphatic rings. The minimum absolute atomic E-state index is 0.000806. The van der Waals surface area contributed by atoms with Crippen molar-refractivity contribution in [1.82, 2.24) is 14.8 Å². The van der Waals surface area contributed by atoms with Crippen LogP contribution in [-0.4, -0.2) is 58.9 Å². The van der Waals surface area contributed by atoms with E-state index in [0.29, 0.717) is 38.0 Å². The summed E-state index contributed by atoms with van der Waals surface area (Å²) in [4.78, 5) is 28.2. The van der Waals surface area contributed by atoms with Gasteiger partial charge in [-0.2, -0.15) is 0 Å². The Hall–Kier alpha value is -2.72. The molecule has 2 heterocycles. The quantitative estimate of drug-likeness (QED) is 0.418. The van der Waals surface area contributed by atoms with E-state index in [-0.39, 0.29) is 45.4 Å². The van der Waals surface area contributed by atoms with Crippen molar-refractivity contribution in [1.29, 1.82) is 0 Å². The van der Waals surface area contributed by atoms with Crippen molar-refractivity contribution in [3.05, 3.63) is 74.0 Å². The topological polar surface area (TPSA) is 83.8 Å². The largest absolute Gasteiger partial charge is 0.491 e. The number of amides is 1. The van der Waals surface area contributed by atoms with Gasteiger partial charge in [-0.1, -0.05) is 23.2 Å². The number of carbonyl (C=O) groups is 1. The Bertz CT molecular complexity index is 1420. The number of rotatable bonds is 8. The van der Waals surface area contributed by atoms with E-state index in [1.165, 1.54) is 24.3 Å². The van der Waals surface area contributed by atoms with E-state index >= 15 is 0 Å². The SMILES string of the molecule is O=C(NC1CCN(C[C@@H](O)COc2ccc(Cl)c(F)c2)CC1)c1cn(C2CC2)c2cc(Cl)c(F)cc2c1=O. The van der Waals surface area contributed by atoms with Gasteiger partial charge in [0.25, 0.3) is 5.91 Å². The number of likely N-dealkylation sites (tertiary alicyclic amines) is 1. The van der Waals surface area contributed by atoms with Crippen molar-refractivity contribution in [2.45, 2.75) is 43.9 Å². The number of piperidine rings is 1. The fourth-order valence-electron chi connectivity index (χ4n) is 4.79. The van der Waals surface area contributed by atoms with E-state index in [1.54, 1.807) is 6.20 Å². The first-order valence-electron chi connectivity index (χ1n) is 12.5. The first kappa shape index (κ1) is 26.9. The van der Waals surface area contributed by atoms with Gasteiger partial charge in [-0.15, -0.1) is 0 Å². The standard InChI is InChI=1S/C27H27Cl2F2N3O4/c28-21-4-3-18(9-23(21)30)38-14-17(35)12-33-7-5-15(6-8-33)32-27(37)20-13-34(16-1-2-16)25-11-22(29)24(31)10-19(25)26(20)36/h3-4,9-11,13,15-17,35H,1-2,5-8,12,14H2,(H,32,37)/t17-/m1/s1. The highest BCUT2D eigenvalue weighted by Crippen LogP contribution is 2.37. The molecule has 11 heteroatoms. The van der Waals surface area contributed by atoms with Crippen LogP contribution < -0.4 is 15.5 Å². The van der Waals surface area contributed by atoms with Crippen molar-refractivity contribution >= 4 is 40.0 Å². The Morgan fingerprint density at radius 2 is 1.79 bits per heavy atom. The van der Waals surface area contributed by atoms with Gasteiger partial charge in [0, 0.05) is 49.4 Å². The van der Waals surface area contributed by atoms with Crippen LogP contribution in [0.5, 0.6) is 5.75 Å². The number of hydrogen-bond donors (Lipinski definition) is 2. The van der Waals surface area contributed by atoms with Crippen LogP contribution in [0.2, 0.25) is 10.0 Å². The van der Waals surface area contributed by atoms with Crippen LogP contribution in [0.3, 0.4) is 0 Å². The number of aliphatic hydroxyl groups is 1. The number of pyridine rings is 1. The molecule has 1 amide bonds. The molecule has 2 aromatic carbocycles. The number of aliphatic hydroxyl groups excluding tert-OH is 1. The summed E-state index contributed by atoms with van der Waals surface area (Å²) in [5.41, 5.74) is -0.0108. The maximum atomic E-state index is 14.1. The summed E-state index contributed by atoms with van der Waals surface area (Å²) < 4.78 is 35.0. The molecule has 0 spiro atoms. The molecule has 2 fully saturated rings. The summed E-state index contributed by atoms with van der Waals surface area (Å²) in [5, 5.41) is 13.4. The predicted octanol–water partition coefficient (Wildman–Crippen LogP) is 4.56. The third-order valence-electron chi connectivity index (χ3n) is 6.98. The van der Waals surface area contributed by atoms with Crippen LogP contribution in [0, 0.1) is 11.6 Å². The molecule has 1 atom stereocenters. The van der Waals surface area contributed by atoms with Gasteiger partial charge in [0.1, 0.15) is 35.7 Å². The average Bonchev–Trinajstić information content (AvgIpc) is 3.73. The van der Waals surface area contributed by atoms with Crippen molar-refractivity contribution in [2.24, 2.45) is 0 Å². The summed E-state index contributed by atoms with van der Waals surface area (Å²) >= 11 is 11.6. The van der Waals surface area contributed by atoms with E-state index in [0.717, 1.165) is 18.9 Å². The molecule has 1 aromatic heterocycles. The molecule has 38 heavy (non-hydrogen) atoms. The molecule has 202 valence electrons. The molecule has 5 rings (SSSR count). The summed E-state index contributed by atoms with van der Waals surface area (Å²) in [6.07, 6.45) is 3.88. The second kappa shape index (κ2) is 11.2.